The summed E-state index contributed by atoms with van der Waals surface area (Å²) >= 11 is 0. The third-order valence-electron chi connectivity index (χ3n) is 5.51. The number of aromatic nitrogens is 3. The van der Waals surface area contributed by atoms with Crippen molar-refractivity contribution in [1.82, 2.24) is 19.5 Å². The minimum Gasteiger partial charge on any atom is -0.366 e. The molecule has 1 aliphatic heterocycles. The van der Waals surface area contributed by atoms with Crippen LogP contribution in [0.25, 0.3) is 16.7 Å². The summed E-state index contributed by atoms with van der Waals surface area (Å²) in [5.74, 6) is -1.18. The summed E-state index contributed by atoms with van der Waals surface area (Å²) in [6, 6.07) is 2.98. The van der Waals surface area contributed by atoms with Crippen LogP contribution in [-0.2, 0) is 5.41 Å². The van der Waals surface area contributed by atoms with Crippen LogP contribution in [0.5, 0.6) is 0 Å². The highest BCUT2D eigenvalue weighted by molar-refractivity contribution is 6.05. The van der Waals surface area contributed by atoms with Gasteiger partial charge in [-0.1, -0.05) is 6.08 Å². The summed E-state index contributed by atoms with van der Waals surface area (Å²) in [7, 11) is 0. The molecule has 3 N–H and O–H groups in total. The number of primary amides is 1. The van der Waals surface area contributed by atoms with Gasteiger partial charge in [0.2, 0.25) is 0 Å². The minimum absolute atomic E-state index is 0.0850. The topological polar surface area (TPSA) is 79.4 Å². The first-order valence-electron chi connectivity index (χ1n) is 8.36. The van der Waals surface area contributed by atoms with Gasteiger partial charge in [-0.25, -0.2) is 13.9 Å². The Morgan fingerprint density at radius 1 is 1.44 bits per heavy atom. The molecule has 2 aromatic heterocycles. The van der Waals surface area contributed by atoms with E-state index in [0.29, 0.717) is 17.1 Å². The number of hydrogen-bond acceptors (Lipinski definition) is 3. The molecule has 25 heavy (non-hydrogen) atoms. The van der Waals surface area contributed by atoms with Crippen LogP contribution in [0, 0.1) is 5.82 Å². The van der Waals surface area contributed by atoms with Crippen LogP contribution < -0.4 is 5.73 Å². The summed E-state index contributed by atoms with van der Waals surface area (Å²) < 4.78 is 15.6. The molecular formula is C18H18FN5O. The van der Waals surface area contributed by atoms with E-state index in [-0.39, 0.29) is 11.0 Å². The van der Waals surface area contributed by atoms with Gasteiger partial charge < -0.3 is 5.73 Å². The molecule has 0 bridgehead atoms. The molecule has 6 nitrogen and oxygen atoms in total. The molecule has 7 heteroatoms. The maximum absolute atomic E-state index is 13.8. The molecule has 0 saturated carbocycles. The zero-order chi connectivity index (χ0) is 17.5. The molecule has 0 radical (unpaired) electrons. The van der Waals surface area contributed by atoms with Crippen LogP contribution in [0.15, 0.2) is 30.0 Å². The predicted molar refractivity (Wildman–Crippen MR) is 92.0 cm³/mol. The van der Waals surface area contributed by atoms with Gasteiger partial charge in [0.1, 0.15) is 11.3 Å². The Morgan fingerprint density at radius 2 is 2.24 bits per heavy atom. The third-order valence-corrected chi connectivity index (χ3v) is 5.51. The van der Waals surface area contributed by atoms with Crippen LogP contribution in [-0.4, -0.2) is 44.5 Å². The molecule has 5 rings (SSSR count). The molecule has 1 fully saturated rings. The molecule has 1 aromatic carbocycles. The Morgan fingerprint density at radius 3 is 2.92 bits per heavy atom. The standard InChI is InChI=1S/C18H18FN5O/c1-9(2)23-7-10-5-18(10,8-23)13-6-21-24-15-12(16(20)25)3-11(19)4-14(15)22-17(13)24/h3-6,9,21H,7-8H2,1-2H3,(H2,20,25). The normalized spacial score (nSPS) is 22.8. The lowest BCUT2D eigenvalue weighted by atomic mass is 9.95. The smallest absolute Gasteiger partial charge is 0.251 e. The highest BCUT2D eigenvalue weighted by atomic mass is 19.1. The van der Waals surface area contributed by atoms with E-state index in [1.54, 1.807) is 4.52 Å². The number of hydrogen-bond donors (Lipinski definition) is 2. The monoisotopic (exact) mass is 339 g/mol. The molecule has 0 spiro atoms. The average Bonchev–Trinajstić information content (AvgIpc) is 2.90. The van der Waals surface area contributed by atoms with Gasteiger partial charge in [-0.15, -0.1) is 0 Å². The van der Waals surface area contributed by atoms with Crippen LogP contribution in [0.1, 0.15) is 29.8 Å². The zero-order valence-corrected chi connectivity index (χ0v) is 14.0. The molecule has 3 aromatic rings. The number of fused-ring (bicyclic) bond motifs is 4. The quantitative estimate of drug-likeness (QED) is 0.716. The number of carbonyl (C=O) groups is 1. The van der Waals surface area contributed by atoms with Gasteiger partial charge in [-0.2, -0.15) is 0 Å². The van der Waals surface area contributed by atoms with Crippen LogP contribution in [0.4, 0.5) is 4.39 Å². The Bertz CT molecular complexity index is 1090. The first-order valence-corrected chi connectivity index (χ1v) is 8.36. The largest absolute Gasteiger partial charge is 0.366 e. The van der Waals surface area contributed by atoms with Crippen molar-refractivity contribution in [1.29, 1.82) is 0 Å². The molecular weight excluding hydrogens is 321 g/mol. The Labute approximate surface area is 143 Å². The number of likely N-dealkylation sites (tertiary alicyclic amines) is 1. The number of carbonyl (C=O) groups excluding carboxylic acids is 1. The summed E-state index contributed by atoms with van der Waals surface area (Å²) in [6.45, 7) is 6.28. The SMILES string of the molecule is CC(C)N1CC2=CC2(c2c[nH]n3c2nc2cc(F)cc(C(N)=O)c23)C1. The molecule has 1 aliphatic carbocycles. The van der Waals surface area contributed by atoms with E-state index < -0.39 is 11.7 Å². The van der Waals surface area contributed by atoms with Crippen molar-refractivity contribution in [2.75, 3.05) is 13.1 Å². The third kappa shape index (κ3) is 1.81. The van der Waals surface area contributed by atoms with Gasteiger partial charge in [0.05, 0.1) is 16.5 Å². The van der Waals surface area contributed by atoms with Crippen molar-refractivity contribution in [3.63, 3.8) is 0 Å². The van der Waals surface area contributed by atoms with Gasteiger partial charge >= 0.3 is 0 Å². The lowest BCUT2D eigenvalue weighted by Gasteiger charge is -2.22. The molecule has 2 aliphatic rings. The molecule has 3 heterocycles. The summed E-state index contributed by atoms with van der Waals surface area (Å²) in [5.41, 5.74) is 9.62. The first kappa shape index (κ1) is 14.7. The van der Waals surface area contributed by atoms with E-state index in [9.17, 15) is 9.18 Å². The van der Waals surface area contributed by atoms with Crippen molar-refractivity contribution in [2.45, 2.75) is 25.3 Å². The second-order valence-corrected chi connectivity index (χ2v) is 7.28. The van der Waals surface area contributed by atoms with Gasteiger partial charge in [-0.3, -0.25) is 14.8 Å². The number of nitrogens with one attached hydrogen (secondary N) is 1. The maximum atomic E-state index is 13.8. The molecule has 1 amide bonds. The number of H-pyrrole nitrogens is 1. The molecule has 128 valence electrons. The summed E-state index contributed by atoms with van der Waals surface area (Å²) in [6.07, 6.45) is 4.22. The van der Waals surface area contributed by atoms with Crippen molar-refractivity contribution in [3.8, 4) is 0 Å². The lowest BCUT2D eigenvalue weighted by molar-refractivity contribution is 0.100. The van der Waals surface area contributed by atoms with Gasteiger partial charge in [0, 0.05) is 37.0 Å². The highest BCUT2D eigenvalue weighted by Crippen LogP contribution is 2.53. The first-order chi connectivity index (χ1) is 11.9. The van der Waals surface area contributed by atoms with Crippen molar-refractivity contribution in [2.24, 2.45) is 5.73 Å². The van der Waals surface area contributed by atoms with Crippen molar-refractivity contribution >= 4 is 22.6 Å². The fourth-order valence-electron chi connectivity index (χ4n) is 4.08. The Hall–Kier alpha value is -2.67. The second-order valence-electron chi connectivity index (χ2n) is 7.28. The van der Waals surface area contributed by atoms with E-state index in [4.69, 9.17) is 5.73 Å². The van der Waals surface area contributed by atoms with E-state index >= 15 is 0 Å². The van der Waals surface area contributed by atoms with Crippen molar-refractivity contribution in [3.05, 3.63) is 46.9 Å². The summed E-state index contributed by atoms with van der Waals surface area (Å²) in [4.78, 5) is 18.8. The van der Waals surface area contributed by atoms with Gasteiger partial charge in [0.15, 0.2) is 5.65 Å². The molecule has 1 saturated heterocycles. The van der Waals surface area contributed by atoms with E-state index in [2.05, 4.69) is 34.9 Å². The van der Waals surface area contributed by atoms with E-state index in [1.807, 2.05) is 6.20 Å². The second kappa shape index (κ2) is 4.49. The number of amides is 1. The van der Waals surface area contributed by atoms with Crippen LogP contribution in [0.3, 0.4) is 0 Å². The van der Waals surface area contributed by atoms with Gasteiger partial charge in [-0.05, 0) is 25.5 Å². The minimum atomic E-state index is -0.669. The fourth-order valence-corrected chi connectivity index (χ4v) is 4.08. The number of rotatable bonds is 3. The highest BCUT2D eigenvalue weighted by Gasteiger charge is 2.54. The van der Waals surface area contributed by atoms with E-state index in [1.165, 1.54) is 11.6 Å². The van der Waals surface area contributed by atoms with Crippen LogP contribution in [0.2, 0.25) is 0 Å². The molecule has 1 unspecified atom stereocenters. The summed E-state index contributed by atoms with van der Waals surface area (Å²) in [5, 5.41) is 3.17. The number of halogens is 1. The van der Waals surface area contributed by atoms with Crippen molar-refractivity contribution < 1.29 is 9.18 Å². The number of nitrogens with zero attached hydrogens (tertiary/aromatic N) is 3. The zero-order valence-electron chi connectivity index (χ0n) is 14.0. The van der Waals surface area contributed by atoms with Gasteiger partial charge in [0.25, 0.3) is 5.91 Å². The number of benzene rings is 1. The Kier molecular flexibility index (Phi) is 2.63. The number of imidazole rings is 1. The number of aromatic amines is 1. The number of nitrogens with two attached hydrogens (primary N) is 1. The van der Waals surface area contributed by atoms with E-state index in [0.717, 1.165) is 30.4 Å². The predicted octanol–water partition coefficient (Wildman–Crippen LogP) is 1.96. The average molecular weight is 339 g/mol. The lowest BCUT2D eigenvalue weighted by Crippen LogP contribution is -2.32. The molecule has 1 atom stereocenters. The Balaban J connectivity index is 1.71. The van der Waals surface area contributed by atoms with Crippen LogP contribution >= 0.6 is 0 Å². The fraction of sp³-hybridized carbons (Fsp3) is 0.333. The maximum Gasteiger partial charge on any atom is 0.251 e.